The summed E-state index contributed by atoms with van der Waals surface area (Å²) in [6, 6.07) is 24.8. The average Bonchev–Trinajstić information content (AvgIpc) is 2.94. The third kappa shape index (κ3) is 3.61. The zero-order valence-electron chi connectivity index (χ0n) is 17.7. The number of hydrogen-bond acceptors (Lipinski definition) is 3. The van der Waals surface area contributed by atoms with Crippen molar-refractivity contribution in [3.05, 3.63) is 106 Å². The van der Waals surface area contributed by atoms with Crippen LogP contribution in [0.3, 0.4) is 0 Å². The minimum absolute atomic E-state index is 0.0541. The number of nitrogens with one attached hydrogen (secondary N) is 1. The summed E-state index contributed by atoms with van der Waals surface area (Å²) in [6.07, 6.45) is 1.08. The number of nitrogens with zero attached hydrogens (tertiary/aromatic N) is 1. The number of rotatable bonds is 2. The van der Waals surface area contributed by atoms with Crippen LogP contribution >= 0.6 is 11.6 Å². The van der Waals surface area contributed by atoms with E-state index in [0.717, 1.165) is 28.2 Å². The van der Waals surface area contributed by atoms with Crippen molar-refractivity contribution in [2.45, 2.75) is 31.7 Å². The third-order valence-electron chi connectivity index (χ3n) is 6.28. The maximum absolute atomic E-state index is 13.7. The van der Waals surface area contributed by atoms with Crippen molar-refractivity contribution in [2.24, 2.45) is 0 Å². The molecule has 0 bridgehead atoms. The van der Waals surface area contributed by atoms with Crippen LogP contribution in [0.4, 0.5) is 11.4 Å². The van der Waals surface area contributed by atoms with Crippen LogP contribution in [0.2, 0.25) is 5.02 Å². The lowest BCUT2D eigenvalue weighted by Gasteiger charge is -2.34. The Kier molecular flexibility index (Phi) is 5.32. The van der Waals surface area contributed by atoms with Crippen molar-refractivity contribution in [3.63, 3.8) is 0 Å². The molecule has 5 rings (SSSR count). The monoisotopic (exact) mass is 442 g/mol. The molecule has 4 nitrogen and oxygen atoms in total. The molecule has 0 radical (unpaired) electrons. The summed E-state index contributed by atoms with van der Waals surface area (Å²) in [5.41, 5.74) is 5.18. The summed E-state index contributed by atoms with van der Waals surface area (Å²) < 4.78 is 0. The zero-order valence-corrected chi connectivity index (χ0v) is 18.5. The Morgan fingerprint density at radius 1 is 0.906 bits per heavy atom. The second kappa shape index (κ2) is 8.29. The van der Waals surface area contributed by atoms with E-state index in [2.05, 4.69) is 5.32 Å². The number of anilines is 2. The number of carbonyl (C=O) groups excluding carboxylic acids is 2. The van der Waals surface area contributed by atoms with Crippen LogP contribution in [0.5, 0.6) is 0 Å². The first-order chi connectivity index (χ1) is 15.5. The van der Waals surface area contributed by atoms with Crippen molar-refractivity contribution in [1.82, 2.24) is 0 Å². The van der Waals surface area contributed by atoms with Gasteiger partial charge in [0.2, 0.25) is 5.91 Å². The highest BCUT2D eigenvalue weighted by molar-refractivity contribution is 6.30. The number of allylic oxidation sites excluding steroid dienone is 1. The highest BCUT2D eigenvalue weighted by Crippen LogP contribution is 2.47. The number of ketones is 1. The Morgan fingerprint density at radius 3 is 2.31 bits per heavy atom. The molecule has 1 heterocycles. The van der Waals surface area contributed by atoms with Gasteiger partial charge in [0, 0.05) is 29.6 Å². The van der Waals surface area contributed by atoms with Crippen molar-refractivity contribution in [3.8, 4) is 0 Å². The lowest BCUT2D eigenvalue weighted by atomic mass is 9.78. The first kappa shape index (κ1) is 20.5. The fraction of sp³-hybridized carbons (Fsp3) is 0.185. The molecule has 2 atom stereocenters. The molecule has 1 N–H and O–H groups in total. The van der Waals surface area contributed by atoms with Gasteiger partial charge >= 0.3 is 0 Å². The summed E-state index contributed by atoms with van der Waals surface area (Å²) in [5.74, 6) is 0.0135. The molecule has 1 aliphatic carbocycles. The number of amides is 1. The summed E-state index contributed by atoms with van der Waals surface area (Å²) >= 11 is 6.07. The lowest BCUT2D eigenvalue weighted by molar-refractivity contribution is -0.117. The van der Waals surface area contributed by atoms with Crippen LogP contribution < -0.4 is 10.2 Å². The number of carbonyl (C=O) groups is 2. The molecule has 0 unspecified atom stereocenters. The van der Waals surface area contributed by atoms with Gasteiger partial charge in [0.1, 0.15) is 0 Å². The number of fused-ring (bicyclic) bond motifs is 1. The smallest absolute Gasteiger partial charge is 0.224 e. The van der Waals surface area contributed by atoms with E-state index in [1.54, 1.807) is 11.8 Å². The van der Waals surface area contributed by atoms with Crippen molar-refractivity contribution in [2.75, 3.05) is 10.2 Å². The Morgan fingerprint density at radius 2 is 1.59 bits per heavy atom. The van der Waals surface area contributed by atoms with Crippen LogP contribution in [0.1, 0.15) is 42.9 Å². The van der Waals surface area contributed by atoms with E-state index in [1.807, 2.05) is 78.9 Å². The highest BCUT2D eigenvalue weighted by atomic mass is 35.5. The van der Waals surface area contributed by atoms with Gasteiger partial charge in [0.05, 0.1) is 17.4 Å². The molecular weight excluding hydrogens is 420 g/mol. The van der Waals surface area contributed by atoms with Gasteiger partial charge in [0.15, 0.2) is 5.78 Å². The van der Waals surface area contributed by atoms with Crippen molar-refractivity contribution in [1.29, 1.82) is 0 Å². The molecule has 3 aromatic rings. The first-order valence-electron chi connectivity index (χ1n) is 10.8. The fourth-order valence-electron chi connectivity index (χ4n) is 4.86. The molecule has 1 aliphatic heterocycles. The van der Waals surface area contributed by atoms with Crippen LogP contribution in [-0.2, 0) is 9.59 Å². The Hall–Kier alpha value is -3.37. The van der Waals surface area contributed by atoms with Gasteiger partial charge in [-0.15, -0.1) is 0 Å². The van der Waals surface area contributed by atoms with E-state index < -0.39 is 6.04 Å². The third-order valence-corrected chi connectivity index (χ3v) is 6.54. The largest absolute Gasteiger partial charge is 0.357 e. The van der Waals surface area contributed by atoms with Crippen LogP contribution in [0.15, 0.2) is 90.1 Å². The molecule has 2 aliphatic rings. The normalized spacial score (nSPS) is 20.2. The SMILES string of the molecule is CC(=O)N1c2ccccc2NC2=C(C(=O)C[C@H](c3ccc(Cl)cc3)C2)[C@@H]1c1ccccc1. The van der Waals surface area contributed by atoms with Gasteiger partial charge in [-0.05, 0) is 47.7 Å². The maximum Gasteiger partial charge on any atom is 0.224 e. The van der Waals surface area contributed by atoms with E-state index in [9.17, 15) is 9.59 Å². The van der Waals surface area contributed by atoms with Crippen LogP contribution in [0.25, 0.3) is 0 Å². The van der Waals surface area contributed by atoms with Gasteiger partial charge in [-0.1, -0.05) is 66.2 Å². The molecule has 0 fully saturated rings. The van der Waals surface area contributed by atoms with E-state index >= 15 is 0 Å². The standard InChI is InChI=1S/C27H23ClN2O2/c1-17(31)30-24-10-6-5-9-22(24)29-23-15-20(18-11-13-21(28)14-12-18)16-25(32)26(23)27(30)19-7-3-2-4-8-19/h2-14,20,27,29H,15-16H2,1H3/t20-,27+/m1/s1. The fourth-order valence-corrected chi connectivity index (χ4v) is 4.99. The maximum atomic E-state index is 13.7. The molecule has 1 amide bonds. The Balaban J connectivity index is 1.68. The van der Waals surface area contributed by atoms with E-state index in [-0.39, 0.29) is 17.6 Å². The van der Waals surface area contributed by atoms with E-state index in [1.165, 1.54) is 0 Å². The summed E-state index contributed by atoms with van der Waals surface area (Å²) in [7, 11) is 0. The Labute approximate surface area is 192 Å². The number of Topliss-reactive ketones (excluding diaryl/α,β-unsaturated/α-hetero) is 1. The minimum Gasteiger partial charge on any atom is -0.357 e. The lowest BCUT2D eigenvalue weighted by Crippen LogP contribution is -2.37. The van der Waals surface area contributed by atoms with E-state index in [0.29, 0.717) is 23.4 Å². The van der Waals surface area contributed by atoms with Gasteiger partial charge in [-0.25, -0.2) is 0 Å². The molecule has 0 aromatic heterocycles. The van der Waals surface area contributed by atoms with Gasteiger partial charge in [-0.3, -0.25) is 14.5 Å². The number of para-hydroxylation sites is 2. The highest BCUT2D eigenvalue weighted by Gasteiger charge is 2.40. The van der Waals surface area contributed by atoms with Crippen LogP contribution in [-0.4, -0.2) is 11.7 Å². The quantitative estimate of drug-likeness (QED) is 0.509. The summed E-state index contributed by atoms with van der Waals surface area (Å²) in [4.78, 5) is 28.4. The second-order valence-electron chi connectivity index (χ2n) is 8.32. The summed E-state index contributed by atoms with van der Waals surface area (Å²) in [6.45, 7) is 1.56. The number of hydrogen-bond donors (Lipinski definition) is 1. The number of benzene rings is 3. The van der Waals surface area contributed by atoms with Gasteiger partial charge < -0.3 is 5.32 Å². The molecule has 0 saturated carbocycles. The molecule has 0 saturated heterocycles. The topological polar surface area (TPSA) is 49.4 Å². The second-order valence-corrected chi connectivity index (χ2v) is 8.75. The molecule has 32 heavy (non-hydrogen) atoms. The molecule has 5 heteroatoms. The van der Waals surface area contributed by atoms with E-state index in [4.69, 9.17) is 11.6 Å². The average molecular weight is 443 g/mol. The predicted octanol–water partition coefficient (Wildman–Crippen LogP) is 6.26. The number of halogens is 1. The zero-order chi connectivity index (χ0) is 22.2. The molecule has 3 aromatic carbocycles. The Bertz CT molecular complexity index is 1220. The molecule has 0 spiro atoms. The van der Waals surface area contributed by atoms with Crippen molar-refractivity contribution < 1.29 is 9.59 Å². The van der Waals surface area contributed by atoms with Crippen molar-refractivity contribution >= 4 is 34.7 Å². The van der Waals surface area contributed by atoms with Gasteiger partial charge in [-0.2, -0.15) is 0 Å². The predicted molar refractivity (Wildman–Crippen MR) is 128 cm³/mol. The molecule has 160 valence electrons. The summed E-state index contributed by atoms with van der Waals surface area (Å²) in [5, 5.41) is 4.21. The van der Waals surface area contributed by atoms with Gasteiger partial charge in [0.25, 0.3) is 0 Å². The molecular formula is C27H23ClN2O2. The first-order valence-corrected chi connectivity index (χ1v) is 11.1. The van der Waals surface area contributed by atoms with Crippen LogP contribution in [0, 0.1) is 0 Å². The minimum atomic E-state index is -0.474.